The molecule has 0 bridgehead atoms. The van der Waals surface area contributed by atoms with Crippen LogP contribution < -0.4 is 10.1 Å². The van der Waals surface area contributed by atoms with E-state index in [0.717, 1.165) is 16.8 Å². The molecule has 0 saturated carbocycles. The Hall–Kier alpha value is -2.97. The van der Waals surface area contributed by atoms with Crippen molar-refractivity contribution in [2.45, 2.75) is 13.5 Å². The summed E-state index contributed by atoms with van der Waals surface area (Å²) in [6.45, 7) is 1.60. The fraction of sp³-hybridized carbons (Fsp3) is 0.150. The number of nitrogens with zero attached hydrogens (tertiary/aromatic N) is 1. The van der Waals surface area contributed by atoms with Gasteiger partial charge >= 0.3 is 5.97 Å². The van der Waals surface area contributed by atoms with Crippen LogP contribution in [0.25, 0.3) is 0 Å². The third-order valence-electron chi connectivity index (χ3n) is 3.66. The van der Waals surface area contributed by atoms with E-state index < -0.39 is 24.3 Å². The molecule has 1 heterocycles. The number of thiazole rings is 1. The Morgan fingerprint density at radius 2 is 2.07 bits per heavy atom. The van der Waals surface area contributed by atoms with Crippen LogP contribution in [0.2, 0.25) is 5.02 Å². The second-order valence-electron chi connectivity index (χ2n) is 5.92. The Kier molecular flexibility index (Phi) is 6.79. The van der Waals surface area contributed by atoms with Crippen LogP contribution in [0.5, 0.6) is 5.75 Å². The molecule has 3 rings (SSSR count). The number of aromatic nitrogens is 1. The number of esters is 1. The van der Waals surface area contributed by atoms with E-state index in [-0.39, 0.29) is 22.9 Å². The summed E-state index contributed by atoms with van der Waals surface area (Å²) in [7, 11) is 0. The molecule has 0 aliphatic heterocycles. The smallest absolute Gasteiger partial charge is 0.338 e. The summed E-state index contributed by atoms with van der Waals surface area (Å²) >= 11 is 7.30. The first kappa shape index (κ1) is 20.8. The maximum Gasteiger partial charge on any atom is 0.338 e. The van der Waals surface area contributed by atoms with Crippen LogP contribution in [-0.4, -0.2) is 23.5 Å². The number of carbonyl (C=O) groups excluding carboxylic acids is 2. The zero-order valence-corrected chi connectivity index (χ0v) is 16.8. The molecule has 3 aromatic rings. The molecule has 0 fully saturated rings. The standard InChI is InChI=1S/C20H16ClFN2O4S/c1-12-23-15(11-29-12)9-27-16-4-2-3-13(7-16)20(26)28-10-19(25)24-18-8-14(21)5-6-17(18)22/h2-8,11H,9-10H2,1H3,(H,24,25). The highest BCUT2D eigenvalue weighted by Gasteiger charge is 2.13. The fourth-order valence-corrected chi connectivity index (χ4v) is 3.11. The van der Waals surface area contributed by atoms with Crippen molar-refractivity contribution in [2.24, 2.45) is 0 Å². The van der Waals surface area contributed by atoms with Gasteiger partial charge in [-0.15, -0.1) is 11.3 Å². The largest absolute Gasteiger partial charge is 0.487 e. The number of benzene rings is 2. The van der Waals surface area contributed by atoms with Crippen LogP contribution in [0.4, 0.5) is 10.1 Å². The van der Waals surface area contributed by atoms with Gasteiger partial charge in [-0.25, -0.2) is 14.2 Å². The average Bonchev–Trinajstić information content (AvgIpc) is 3.13. The van der Waals surface area contributed by atoms with Crippen molar-refractivity contribution in [3.05, 3.63) is 74.9 Å². The van der Waals surface area contributed by atoms with E-state index in [1.807, 2.05) is 12.3 Å². The Morgan fingerprint density at radius 1 is 1.24 bits per heavy atom. The molecule has 1 amide bonds. The van der Waals surface area contributed by atoms with Crippen LogP contribution in [-0.2, 0) is 16.1 Å². The molecule has 0 atom stereocenters. The number of hydrogen-bond donors (Lipinski definition) is 1. The summed E-state index contributed by atoms with van der Waals surface area (Å²) in [5.41, 5.74) is 0.926. The summed E-state index contributed by atoms with van der Waals surface area (Å²) in [6, 6.07) is 10.1. The molecule has 29 heavy (non-hydrogen) atoms. The molecular weight excluding hydrogens is 419 g/mol. The summed E-state index contributed by atoms with van der Waals surface area (Å²) in [4.78, 5) is 28.4. The van der Waals surface area contributed by atoms with Crippen LogP contribution in [0.15, 0.2) is 47.8 Å². The van der Waals surface area contributed by atoms with E-state index in [9.17, 15) is 14.0 Å². The highest BCUT2D eigenvalue weighted by atomic mass is 35.5. The molecule has 0 unspecified atom stereocenters. The van der Waals surface area contributed by atoms with Gasteiger partial charge in [0.05, 0.1) is 22.0 Å². The quantitative estimate of drug-likeness (QED) is 0.549. The molecular formula is C20H16ClFN2O4S. The molecule has 1 aromatic heterocycles. The van der Waals surface area contributed by atoms with E-state index in [1.54, 1.807) is 12.1 Å². The Bertz CT molecular complexity index is 1040. The SMILES string of the molecule is Cc1nc(COc2cccc(C(=O)OCC(=O)Nc3cc(Cl)ccc3F)c2)cs1. The van der Waals surface area contributed by atoms with Crippen LogP contribution in [0.3, 0.4) is 0 Å². The number of rotatable bonds is 7. The zero-order valence-electron chi connectivity index (χ0n) is 15.3. The van der Waals surface area contributed by atoms with Crippen LogP contribution in [0.1, 0.15) is 21.1 Å². The lowest BCUT2D eigenvalue weighted by Gasteiger charge is -2.09. The summed E-state index contributed by atoms with van der Waals surface area (Å²) in [5, 5.41) is 5.41. The van der Waals surface area contributed by atoms with E-state index in [0.29, 0.717) is 5.75 Å². The first-order valence-corrected chi connectivity index (χ1v) is 9.72. The van der Waals surface area contributed by atoms with Crippen molar-refractivity contribution in [2.75, 3.05) is 11.9 Å². The van der Waals surface area contributed by atoms with Gasteiger partial charge in [0.15, 0.2) is 6.61 Å². The van der Waals surface area contributed by atoms with E-state index in [4.69, 9.17) is 21.1 Å². The lowest BCUT2D eigenvalue weighted by atomic mass is 10.2. The maximum absolute atomic E-state index is 13.6. The van der Waals surface area contributed by atoms with Crippen molar-refractivity contribution in [1.82, 2.24) is 4.98 Å². The number of amides is 1. The van der Waals surface area contributed by atoms with Crippen molar-refractivity contribution in [3.63, 3.8) is 0 Å². The molecule has 0 spiro atoms. The monoisotopic (exact) mass is 434 g/mol. The molecule has 0 saturated heterocycles. The van der Waals surface area contributed by atoms with E-state index in [1.165, 1.54) is 35.6 Å². The van der Waals surface area contributed by atoms with Gasteiger partial charge < -0.3 is 14.8 Å². The van der Waals surface area contributed by atoms with Crippen LogP contribution >= 0.6 is 22.9 Å². The van der Waals surface area contributed by atoms with Crippen molar-refractivity contribution in [3.8, 4) is 5.75 Å². The van der Waals surface area contributed by atoms with Gasteiger partial charge in [-0.05, 0) is 43.3 Å². The molecule has 0 aliphatic rings. The normalized spacial score (nSPS) is 10.4. The Morgan fingerprint density at radius 3 is 2.83 bits per heavy atom. The fourth-order valence-electron chi connectivity index (χ4n) is 2.34. The molecule has 0 radical (unpaired) electrons. The minimum absolute atomic E-state index is 0.0915. The van der Waals surface area contributed by atoms with Gasteiger partial charge in [0, 0.05) is 10.4 Å². The van der Waals surface area contributed by atoms with Gasteiger partial charge in [-0.2, -0.15) is 0 Å². The van der Waals surface area contributed by atoms with E-state index >= 15 is 0 Å². The molecule has 0 aliphatic carbocycles. The third kappa shape index (κ3) is 6.00. The van der Waals surface area contributed by atoms with Gasteiger partial charge in [0.1, 0.15) is 18.2 Å². The van der Waals surface area contributed by atoms with E-state index in [2.05, 4.69) is 10.3 Å². The second kappa shape index (κ2) is 9.49. The maximum atomic E-state index is 13.6. The topological polar surface area (TPSA) is 77.5 Å². The first-order valence-electron chi connectivity index (χ1n) is 8.46. The van der Waals surface area contributed by atoms with Gasteiger partial charge in [0.25, 0.3) is 5.91 Å². The van der Waals surface area contributed by atoms with Gasteiger partial charge in [-0.1, -0.05) is 17.7 Å². The number of nitrogens with one attached hydrogen (secondary N) is 1. The third-order valence-corrected chi connectivity index (χ3v) is 4.72. The summed E-state index contributed by atoms with van der Waals surface area (Å²) < 4.78 is 24.2. The minimum atomic E-state index is -0.707. The first-order chi connectivity index (χ1) is 13.9. The Balaban J connectivity index is 1.53. The number of hydrogen-bond acceptors (Lipinski definition) is 6. The highest BCUT2D eigenvalue weighted by Crippen LogP contribution is 2.20. The summed E-state index contributed by atoms with van der Waals surface area (Å²) in [6.07, 6.45) is 0. The van der Waals surface area contributed by atoms with Crippen molar-refractivity contribution >= 4 is 40.5 Å². The molecule has 1 N–H and O–H groups in total. The number of aryl methyl sites for hydroxylation is 1. The molecule has 150 valence electrons. The number of halogens is 2. The Labute approximate surface area is 175 Å². The number of ether oxygens (including phenoxy) is 2. The lowest BCUT2D eigenvalue weighted by Crippen LogP contribution is -2.21. The summed E-state index contributed by atoms with van der Waals surface area (Å²) in [5.74, 6) is -1.57. The number of anilines is 1. The molecule has 6 nitrogen and oxygen atoms in total. The van der Waals surface area contributed by atoms with Gasteiger partial charge in [-0.3, -0.25) is 4.79 Å². The predicted molar refractivity (Wildman–Crippen MR) is 108 cm³/mol. The molecule has 2 aromatic carbocycles. The minimum Gasteiger partial charge on any atom is -0.487 e. The number of carbonyl (C=O) groups is 2. The zero-order chi connectivity index (χ0) is 20.8. The lowest BCUT2D eigenvalue weighted by molar-refractivity contribution is -0.119. The predicted octanol–water partition coefficient (Wildman–Crippen LogP) is 4.62. The van der Waals surface area contributed by atoms with Crippen molar-refractivity contribution < 1.29 is 23.5 Å². The molecule has 9 heteroatoms. The van der Waals surface area contributed by atoms with Crippen molar-refractivity contribution in [1.29, 1.82) is 0 Å². The van der Waals surface area contributed by atoms with Crippen LogP contribution in [0, 0.1) is 12.7 Å². The van der Waals surface area contributed by atoms with Gasteiger partial charge in [0.2, 0.25) is 0 Å². The average molecular weight is 435 g/mol. The highest BCUT2D eigenvalue weighted by molar-refractivity contribution is 7.09. The second-order valence-corrected chi connectivity index (χ2v) is 7.42.